The third-order valence-corrected chi connectivity index (χ3v) is 6.35. The minimum atomic E-state index is -4.35. The van der Waals surface area contributed by atoms with E-state index in [2.05, 4.69) is 15.2 Å². The van der Waals surface area contributed by atoms with Gasteiger partial charge in [-0.3, -0.25) is 9.20 Å². The molecule has 2 aliphatic rings. The highest BCUT2D eigenvalue weighted by molar-refractivity contribution is 5.91. The van der Waals surface area contributed by atoms with Gasteiger partial charge >= 0.3 is 6.18 Å². The van der Waals surface area contributed by atoms with Crippen molar-refractivity contribution < 1.29 is 18.0 Å². The summed E-state index contributed by atoms with van der Waals surface area (Å²) in [5.74, 6) is 0.642. The van der Waals surface area contributed by atoms with Gasteiger partial charge in [0, 0.05) is 25.0 Å². The minimum Gasteiger partial charge on any atom is -0.335 e. The molecule has 1 saturated heterocycles. The molecule has 156 valence electrons. The van der Waals surface area contributed by atoms with Crippen molar-refractivity contribution in [2.75, 3.05) is 13.1 Å². The molecule has 0 spiro atoms. The number of alkyl halides is 3. The maximum absolute atomic E-state index is 13.4. The molecule has 3 heterocycles. The van der Waals surface area contributed by atoms with Crippen LogP contribution in [0.3, 0.4) is 0 Å². The Labute approximate surface area is 170 Å². The molecule has 0 bridgehead atoms. The molecular formula is C21H20F3N5O. The van der Waals surface area contributed by atoms with Gasteiger partial charge in [0.05, 0.1) is 5.56 Å². The second kappa shape index (κ2) is 6.78. The topological polar surface area (TPSA) is 63.4 Å². The van der Waals surface area contributed by atoms with Crippen molar-refractivity contribution in [1.82, 2.24) is 24.5 Å². The van der Waals surface area contributed by atoms with Crippen molar-refractivity contribution in [2.45, 2.75) is 31.9 Å². The zero-order valence-electron chi connectivity index (χ0n) is 16.3. The fourth-order valence-electron chi connectivity index (χ4n) is 4.99. The number of carbonyl (C=O) groups excluding carboxylic acids is 1. The molecule has 1 aliphatic heterocycles. The highest BCUT2D eigenvalue weighted by atomic mass is 19.4. The lowest BCUT2D eigenvalue weighted by atomic mass is 9.91. The third kappa shape index (κ3) is 3.12. The summed E-state index contributed by atoms with van der Waals surface area (Å²) < 4.78 is 41.8. The lowest BCUT2D eigenvalue weighted by Gasteiger charge is -2.21. The van der Waals surface area contributed by atoms with E-state index in [9.17, 15) is 18.0 Å². The Morgan fingerprint density at radius 2 is 1.77 bits per heavy atom. The first kappa shape index (κ1) is 19.0. The van der Waals surface area contributed by atoms with E-state index in [1.54, 1.807) is 33.7 Å². The highest BCUT2D eigenvalue weighted by Crippen LogP contribution is 2.48. The zero-order chi connectivity index (χ0) is 21.0. The quantitative estimate of drug-likeness (QED) is 0.640. The zero-order valence-corrected chi connectivity index (χ0v) is 16.3. The van der Waals surface area contributed by atoms with Crippen LogP contribution >= 0.6 is 0 Å². The van der Waals surface area contributed by atoms with E-state index in [-0.39, 0.29) is 29.5 Å². The molecule has 0 N–H and O–H groups in total. The number of hydrogen-bond donors (Lipinski definition) is 0. The van der Waals surface area contributed by atoms with E-state index in [4.69, 9.17) is 0 Å². The summed E-state index contributed by atoms with van der Waals surface area (Å²) in [6, 6.07) is 7.64. The molecule has 3 aromatic rings. The molecule has 5 rings (SSSR count). The molecule has 6 nitrogen and oxygen atoms in total. The van der Waals surface area contributed by atoms with Crippen molar-refractivity contribution in [3.05, 3.63) is 59.2 Å². The van der Waals surface area contributed by atoms with Gasteiger partial charge in [0.2, 0.25) is 5.82 Å². The van der Waals surface area contributed by atoms with Crippen LogP contribution in [0.15, 0.2) is 36.5 Å². The Balaban J connectivity index is 1.32. The molecule has 1 aromatic carbocycles. The summed E-state index contributed by atoms with van der Waals surface area (Å²) in [6.07, 6.45) is -1.31. The van der Waals surface area contributed by atoms with Crippen LogP contribution in [0.4, 0.5) is 13.2 Å². The van der Waals surface area contributed by atoms with Gasteiger partial charge in [-0.25, -0.2) is 4.98 Å². The maximum atomic E-state index is 13.4. The Bertz CT molecular complexity index is 1110. The Morgan fingerprint density at radius 1 is 1.07 bits per heavy atom. The lowest BCUT2D eigenvalue weighted by Crippen LogP contribution is -2.31. The first-order valence-electron chi connectivity index (χ1n) is 9.95. The Hall–Kier alpha value is -2.97. The highest BCUT2D eigenvalue weighted by Gasteiger charge is 2.45. The molecule has 0 unspecified atom stereocenters. The number of fused-ring (bicyclic) bond motifs is 2. The summed E-state index contributed by atoms with van der Waals surface area (Å²) in [4.78, 5) is 19.0. The van der Waals surface area contributed by atoms with Gasteiger partial charge in [0.1, 0.15) is 0 Å². The summed E-state index contributed by atoms with van der Waals surface area (Å²) in [6.45, 7) is 2.90. The molecule has 2 aromatic heterocycles. The number of amides is 1. The first-order chi connectivity index (χ1) is 14.3. The van der Waals surface area contributed by atoms with Crippen LogP contribution in [0.1, 0.15) is 46.2 Å². The van der Waals surface area contributed by atoms with Gasteiger partial charge in [0.15, 0.2) is 0 Å². The Kier molecular flexibility index (Phi) is 4.30. The number of aromatic nitrogens is 4. The largest absolute Gasteiger partial charge is 0.416 e. The number of likely N-dealkylation sites (tertiary alicyclic amines) is 1. The monoisotopic (exact) mass is 415 g/mol. The second-order valence-corrected chi connectivity index (χ2v) is 8.25. The predicted octanol–water partition coefficient (Wildman–Crippen LogP) is 3.72. The second-order valence-electron chi connectivity index (χ2n) is 8.25. The van der Waals surface area contributed by atoms with E-state index < -0.39 is 11.7 Å². The molecule has 2 fully saturated rings. The molecule has 30 heavy (non-hydrogen) atoms. The number of nitrogens with zero attached hydrogens (tertiary/aromatic N) is 5. The lowest BCUT2D eigenvalue weighted by molar-refractivity contribution is -0.138. The number of benzene rings is 1. The summed E-state index contributed by atoms with van der Waals surface area (Å²) >= 11 is 0. The summed E-state index contributed by atoms with van der Waals surface area (Å²) in [7, 11) is 0. The molecule has 0 radical (unpaired) electrons. The van der Waals surface area contributed by atoms with E-state index in [0.717, 1.165) is 11.8 Å². The van der Waals surface area contributed by atoms with E-state index in [0.29, 0.717) is 37.3 Å². The van der Waals surface area contributed by atoms with Gasteiger partial charge in [-0.2, -0.15) is 13.2 Å². The van der Waals surface area contributed by atoms with Crippen molar-refractivity contribution in [1.29, 1.82) is 0 Å². The van der Waals surface area contributed by atoms with Crippen LogP contribution < -0.4 is 0 Å². The molecule has 1 aliphatic carbocycles. The SMILES string of the molecule is Cc1ccn2c(C(=O)N3C[C@H]4C[C@@H](c5ccccc5C(F)(F)F)C[C@H]4C3)nnc2n1. The predicted molar refractivity (Wildman–Crippen MR) is 102 cm³/mol. The van der Waals surface area contributed by atoms with Crippen LogP contribution in [0.2, 0.25) is 0 Å². The fourth-order valence-corrected chi connectivity index (χ4v) is 4.99. The number of hydrogen-bond acceptors (Lipinski definition) is 4. The molecule has 1 saturated carbocycles. The smallest absolute Gasteiger partial charge is 0.335 e. The van der Waals surface area contributed by atoms with Crippen LogP contribution in [-0.4, -0.2) is 43.5 Å². The molecular weight excluding hydrogens is 395 g/mol. The van der Waals surface area contributed by atoms with E-state index in [1.165, 1.54) is 6.07 Å². The standard InChI is InChI=1S/C21H20F3N5O/c1-12-6-7-29-18(26-27-20(29)25-12)19(30)28-10-14-8-13(9-15(14)11-28)16-4-2-3-5-17(16)21(22,23)24/h2-7,13-15H,8-11H2,1H3/t13-,14-,15+. The summed E-state index contributed by atoms with van der Waals surface area (Å²) in [5.41, 5.74) is 0.623. The van der Waals surface area contributed by atoms with Crippen LogP contribution in [0, 0.1) is 18.8 Å². The number of halogens is 3. The number of carbonyl (C=O) groups is 1. The van der Waals surface area contributed by atoms with Crippen LogP contribution in [-0.2, 0) is 6.18 Å². The van der Waals surface area contributed by atoms with Gasteiger partial charge in [-0.15, -0.1) is 10.2 Å². The molecule has 9 heteroatoms. The van der Waals surface area contributed by atoms with Crippen LogP contribution in [0.5, 0.6) is 0 Å². The number of aryl methyl sites for hydroxylation is 1. The van der Waals surface area contributed by atoms with E-state index in [1.807, 2.05) is 6.92 Å². The van der Waals surface area contributed by atoms with Gasteiger partial charge in [-0.05, 0) is 55.2 Å². The van der Waals surface area contributed by atoms with Gasteiger partial charge < -0.3 is 4.90 Å². The molecule has 3 atom stereocenters. The third-order valence-electron chi connectivity index (χ3n) is 6.35. The van der Waals surface area contributed by atoms with Crippen LogP contribution in [0.25, 0.3) is 5.78 Å². The number of rotatable bonds is 2. The minimum absolute atomic E-state index is 0.129. The van der Waals surface area contributed by atoms with Gasteiger partial charge in [0.25, 0.3) is 11.7 Å². The van der Waals surface area contributed by atoms with E-state index >= 15 is 0 Å². The van der Waals surface area contributed by atoms with Crippen molar-refractivity contribution in [2.24, 2.45) is 11.8 Å². The Morgan fingerprint density at radius 3 is 2.47 bits per heavy atom. The van der Waals surface area contributed by atoms with Gasteiger partial charge in [-0.1, -0.05) is 18.2 Å². The normalized spacial score (nSPS) is 23.9. The maximum Gasteiger partial charge on any atom is 0.416 e. The van der Waals surface area contributed by atoms with Crippen molar-refractivity contribution >= 4 is 11.7 Å². The average Bonchev–Trinajstić information content (AvgIpc) is 3.39. The van der Waals surface area contributed by atoms with Crippen molar-refractivity contribution in [3.63, 3.8) is 0 Å². The average molecular weight is 415 g/mol. The molecule has 1 amide bonds. The summed E-state index contributed by atoms with van der Waals surface area (Å²) in [5, 5.41) is 7.99. The van der Waals surface area contributed by atoms with Crippen molar-refractivity contribution in [3.8, 4) is 0 Å². The first-order valence-corrected chi connectivity index (χ1v) is 9.95. The fraction of sp³-hybridized carbons (Fsp3) is 0.429.